The Labute approximate surface area is 127 Å². The second kappa shape index (κ2) is 8.11. The van der Waals surface area contributed by atoms with Gasteiger partial charge in [-0.25, -0.2) is 9.97 Å². The van der Waals surface area contributed by atoms with Gasteiger partial charge in [-0.1, -0.05) is 33.1 Å². The number of amides is 1. The predicted octanol–water partition coefficient (Wildman–Crippen LogP) is 3.97. The van der Waals surface area contributed by atoms with Crippen LogP contribution in [0, 0.1) is 11.8 Å². The summed E-state index contributed by atoms with van der Waals surface area (Å²) in [5.41, 5.74) is 1.12. The molecule has 0 radical (unpaired) electrons. The Kier molecular flexibility index (Phi) is 6.15. The zero-order valence-corrected chi connectivity index (χ0v) is 13.3. The molecule has 1 N–H and O–H groups in total. The number of aryl methyl sites for hydroxylation is 1. The number of hydrogen-bond acceptors (Lipinski definition) is 3. The van der Waals surface area contributed by atoms with E-state index in [1.54, 1.807) is 0 Å². The van der Waals surface area contributed by atoms with Crippen LogP contribution in [0.5, 0.6) is 0 Å². The third kappa shape index (κ3) is 4.80. The fraction of sp³-hybridized carbons (Fsp3) is 0.706. The summed E-state index contributed by atoms with van der Waals surface area (Å²) in [4.78, 5) is 20.7. The molecule has 0 saturated heterocycles. The van der Waals surface area contributed by atoms with E-state index in [1.807, 2.05) is 12.4 Å². The first-order valence-electron chi connectivity index (χ1n) is 8.34. The van der Waals surface area contributed by atoms with Gasteiger partial charge in [0.2, 0.25) is 11.9 Å². The Balaban J connectivity index is 1.81. The fourth-order valence-electron chi connectivity index (χ4n) is 3.17. The van der Waals surface area contributed by atoms with Crippen LogP contribution in [0.4, 0.5) is 5.95 Å². The van der Waals surface area contributed by atoms with E-state index >= 15 is 0 Å². The summed E-state index contributed by atoms with van der Waals surface area (Å²) in [7, 11) is 0. The minimum Gasteiger partial charge on any atom is -0.294 e. The molecular weight excluding hydrogens is 262 g/mol. The second-order valence-electron chi connectivity index (χ2n) is 6.16. The van der Waals surface area contributed by atoms with Gasteiger partial charge in [0.1, 0.15) is 0 Å². The molecule has 1 aromatic heterocycles. The van der Waals surface area contributed by atoms with Gasteiger partial charge in [0.25, 0.3) is 0 Å². The highest BCUT2D eigenvalue weighted by atomic mass is 16.2. The molecular formula is C17H27N3O. The molecule has 4 nitrogen and oxygen atoms in total. The van der Waals surface area contributed by atoms with Gasteiger partial charge in [0.05, 0.1) is 0 Å². The van der Waals surface area contributed by atoms with Crippen LogP contribution in [-0.2, 0) is 11.2 Å². The van der Waals surface area contributed by atoms with Crippen molar-refractivity contribution in [1.29, 1.82) is 0 Å². The minimum absolute atomic E-state index is 0.0909. The average molecular weight is 289 g/mol. The lowest BCUT2D eigenvalue weighted by Crippen LogP contribution is -2.27. The number of carbonyl (C=O) groups excluding carboxylic acids is 1. The largest absolute Gasteiger partial charge is 0.294 e. The van der Waals surface area contributed by atoms with Gasteiger partial charge in [-0.2, -0.15) is 0 Å². The maximum Gasteiger partial charge on any atom is 0.229 e. The number of carbonyl (C=O) groups is 1. The standard InChI is InChI=1S/C17H27N3O/c1-3-5-13-7-9-15(10-8-13)16(21)20-17-18-11-14(6-4-2)12-19-17/h11-13,15H,3-10H2,1-2H3,(H,18,19,20,21). The lowest BCUT2D eigenvalue weighted by Gasteiger charge is -2.27. The van der Waals surface area contributed by atoms with Gasteiger partial charge in [-0.15, -0.1) is 0 Å². The Morgan fingerprint density at radius 3 is 2.38 bits per heavy atom. The number of aromatic nitrogens is 2. The summed E-state index contributed by atoms with van der Waals surface area (Å²) >= 11 is 0. The van der Waals surface area contributed by atoms with Crippen molar-refractivity contribution in [1.82, 2.24) is 9.97 Å². The normalized spacial score (nSPS) is 22.0. The molecule has 0 unspecified atom stereocenters. The molecule has 0 bridgehead atoms. The van der Waals surface area contributed by atoms with Crippen LogP contribution >= 0.6 is 0 Å². The van der Waals surface area contributed by atoms with Crippen molar-refractivity contribution in [3.63, 3.8) is 0 Å². The Bertz CT molecular complexity index is 436. The summed E-state index contributed by atoms with van der Waals surface area (Å²) in [5.74, 6) is 1.49. The van der Waals surface area contributed by atoms with Gasteiger partial charge >= 0.3 is 0 Å². The third-order valence-electron chi connectivity index (χ3n) is 4.39. The summed E-state index contributed by atoms with van der Waals surface area (Å²) in [6.07, 6.45) is 12.6. The summed E-state index contributed by atoms with van der Waals surface area (Å²) in [6.45, 7) is 4.36. The third-order valence-corrected chi connectivity index (χ3v) is 4.39. The number of nitrogens with one attached hydrogen (secondary N) is 1. The van der Waals surface area contributed by atoms with E-state index in [-0.39, 0.29) is 11.8 Å². The quantitative estimate of drug-likeness (QED) is 0.862. The van der Waals surface area contributed by atoms with Crippen molar-refractivity contribution < 1.29 is 4.79 Å². The fourth-order valence-corrected chi connectivity index (χ4v) is 3.17. The van der Waals surface area contributed by atoms with E-state index in [0.29, 0.717) is 5.95 Å². The van der Waals surface area contributed by atoms with Crippen LogP contribution in [0.1, 0.15) is 64.4 Å². The van der Waals surface area contributed by atoms with E-state index in [4.69, 9.17) is 0 Å². The van der Waals surface area contributed by atoms with E-state index < -0.39 is 0 Å². The van der Waals surface area contributed by atoms with Crippen LogP contribution in [0.25, 0.3) is 0 Å². The molecule has 1 amide bonds. The number of anilines is 1. The first kappa shape index (κ1) is 15.9. The molecule has 21 heavy (non-hydrogen) atoms. The molecule has 2 rings (SSSR count). The summed E-state index contributed by atoms with van der Waals surface area (Å²) < 4.78 is 0. The molecule has 1 saturated carbocycles. The van der Waals surface area contributed by atoms with Crippen molar-refractivity contribution in [3.8, 4) is 0 Å². The minimum atomic E-state index is 0.0909. The van der Waals surface area contributed by atoms with Gasteiger partial charge < -0.3 is 0 Å². The molecule has 1 heterocycles. The maximum atomic E-state index is 12.3. The molecule has 0 aromatic carbocycles. The van der Waals surface area contributed by atoms with Crippen molar-refractivity contribution in [2.45, 2.75) is 65.2 Å². The van der Waals surface area contributed by atoms with Crippen molar-refractivity contribution in [3.05, 3.63) is 18.0 Å². The molecule has 1 aliphatic carbocycles. The van der Waals surface area contributed by atoms with Crippen molar-refractivity contribution >= 4 is 11.9 Å². The smallest absolute Gasteiger partial charge is 0.229 e. The lowest BCUT2D eigenvalue weighted by atomic mass is 9.80. The Hall–Kier alpha value is -1.45. The topological polar surface area (TPSA) is 54.9 Å². The van der Waals surface area contributed by atoms with Crippen LogP contribution < -0.4 is 5.32 Å². The molecule has 0 aliphatic heterocycles. The van der Waals surface area contributed by atoms with Gasteiger partial charge in [-0.05, 0) is 43.6 Å². The van der Waals surface area contributed by atoms with Crippen LogP contribution in [0.3, 0.4) is 0 Å². The maximum absolute atomic E-state index is 12.3. The van der Waals surface area contributed by atoms with E-state index in [0.717, 1.165) is 37.2 Å². The predicted molar refractivity (Wildman–Crippen MR) is 85.0 cm³/mol. The van der Waals surface area contributed by atoms with E-state index in [2.05, 4.69) is 29.1 Å². The van der Waals surface area contributed by atoms with Crippen molar-refractivity contribution in [2.24, 2.45) is 11.8 Å². The van der Waals surface area contributed by atoms with Gasteiger partial charge in [0, 0.05) is 18.3 Å². The van der Waals surface area contributed by atoms with E-state index in [1.165, 1.54) is 25.7 Å². The Morgan fingerprint density at radius 1 is 1.14 bits per heavy atom. The molecule has 1 aliphatic rings. The first-order valence-corrected chi connectivity index (χ1v) is 8.34. The zero-order chi connectivity index (χ0) is 15.1. The highest BCUT2D eigenvalue weighted by Crippen LogP contribution is 2.31. The lowest BCUT2D eigenvalue weighted by molar-refractivity contribution is -0.121. The van der Waals surface area contributed by atoms with Crippen LogP contribution in [0.15, 0.2) is 12.4 Å². The Morgan fingerprint density at radius 2 is 1.81 bits per heavy atom. The van der Waals surface area contributed by atoms with Gasteiger partial charge in [-0.3, -0.25) is 10.1 Å². The highest BCUT2D eigenvalue weighted by molar-refractivity contribution is 5.90. The highest BCUT2D eigenvalue weighted by Gasteiger charge is 2.26. The number of nitrogens with zero attached hydrogens (tertiary/aromatic N) is 2. The number of rotatable bonds is 6. The molecule has 1 fully saturated rings. The average Bonchev–Trinajstić information content (AvgIpc) is 2.50. The second-order valence-corrected chi connectivity index (χ2v) is 6.16. The SMILES string of the molecule is CCCc1cnc(NC(=O)C2CCC(CCC)CC2)nc1. The summed E-state index contributed by atoms with van der Waals surface area (Å²) in [6, 6.07) is 0. The molecule has 4 heteroatoms. The molecule has 116 valence electrons. The number of hydrogen-bond donors (Lipinski definition) is 1. The van der Waals surface area contributed by atoms with Gasteiger partial charge in [0.15, 0.2) is 0 Å². The molecule has 0 atom stereocenters. The summed E-state index contributed by atoms with van der Waals surface area (Å²) in [5, 5.41) is 2.87. The van der Waals surface area contributed by atoms with Crippen LogP contribution in [0.2, 0.25) is 0 Å². The van der Waals surface area contributed by atoms with Crippen molar-refractivity contribution in [2.75, 3.05) is 5.32 Å². The molecule has 1 aromatic rings. The van der Waals surface area contributed by atoms with Crippen LogP contribution in [-0.4, -0.2) is 15.9 Å². The molecule has 0 spiro atoms. The zero-order valence-electron chi connectivity index (χ0n) is 13.3. The first-order chi connectivity index (χ1) is 10.2. The monoisotopic (exact) mass is 289 g/mol. The van der Waals surface area contributed by atoms with E-state index in [9.17, 15) is 4.79 Å².